The first-order valence-electron chi connectivity index (χ1n) is 3.59. The third-order valence-corrected chi connectivity index (χ3v) is 2.28. The fourth-order valence-corrected chi connectivity index (χ4v) is 1.64. The lowest BCUT2D eigenvalue weighted by molar-refractivity contribution is 0.603. The molecule has 0 N–H and O–H groups in total. The first kappa shape index (κ1) is 9.26. The van der Waals surface area contributed by atoms with Crippen molar-refractivity contribution in [2.75, 3.05) is 0 Å². The fraction of sp³-hybridized carbons (Fsp3) is 0.222. The zero-order chi connectivity index (χ0) is 9.19. The molecular formula is C9H11O2S. The summed E-state index contributed by atoms with van der Waals surface area (Å²) in [6.45, 7) is 1.96. The van der Waals surface area contributed by atoms with Gasteiger partial charge in [0.15, 0.2) is 9.84 Å². The SMILES string of the molecule is [CH2]S(=O)(=O)Cc1ccc(C)cc1. The van der Waals surface area contributed by atoms with Crippen molar-refractivity contribution < 1.29 is 8.42 Å². The van der Waals surface area contributed by atoms with E-state index in [1.165, 1.54) is 0 Å². The van der Waals surface area contributed by atoms with E-state index in [9.17, 15) is 8.42 Å². The Morgan fingerprint density at radius 1 is 1.25 bits per heavy atom. The summed E-state index contributed by atoms with van der Waals surface area (Å²) in [5.74, 6) is 0.0211. The van der Waals surface area contributed by atoms with Crippen molar-refractivity contribution in [2.45, 2.75) is 12.7 Å². The monoisotopic (exact) mass is 183 g/mol. The van der Waals surface area contributed by atoms with Crippen molar-refractivity contribution in [3.05, 3.63) is 41.6 Å². The predicted octanol–water partition coefficient (Wildman–Crippen LogP) is 1.70. The van der Waals surface area contributed by atoms with Crippen LogP contribution in [-0.4, -0.2) is 8.42 Å². The largest absolute Gasteiger partial charge is 0.228 e. The van der Waals surface area contributed by atoms with E-state index in [-0.39, 0.29) is 5.75 Å². The second-order valence-electron chi connectivity index (χ2n) is 2.87. The molecule has 0 aliphatic rings. The Morgan fingerprint density at radius 2 is 1.75 bits per heavy atom. The molecule has 0 aromatic heterocycles. The molecule has 0 bridgehead atoms. The van der Waals surface area contributed by atoms with Crippen LogP contribution in [-0.2, 0) is 15.6 Å². The molecule has 3 heteroatoms. The summed E-state index contributed by atoms with van der Waals surface area (Å²) in [4.78, 5) is 0. The van der Waals surface area contributed by atoms with Crippen LogP contribution in [0, 0.1) is 13.2 Å². The molecule has 1 aromatic rings. The van der Waals surface area contributed by atoms with E-state index in [0.29, 0.717) is 0 Å². The van der Waals surface area contributed by atoms with Crippen molar-refractivity contribution >= 4 is 9.84 Å². The van der Waals surface area contributed by atoms with Gasteiger partial charge in [-0.15, -0.1) is 0 Å². The summed E-state index contributed by atoms with van der Waals surface area (Å²) in [7, 11) is -3.14. The summed E-state index contributed by atoms with van der Waals surface area (Å²) in [6.07, 6.45) is 3.06. The van der Waals surface area contributed by atoms with Crippen LogP contribution in [0.3, 0.4) is 0 Å². The van der Waals surface area contributed by atoms with Crippen molar-refractivity contribution in [1.29, 1.82) is 0 Å². The maximum atomic E-state index is 10.8. The number of benzene rings is 1. The van der Waals surface area contributed by atoms with Crippen LogP contribution in [0.15, 0.2) is 24.3 Å². The van der Waals surface area contributed by atoms with Crippen LogP contribution in [0.5, 0.6) is 0 Å². The molecule has 0 unspecified atom stereocenters. The Balaban J connectivity index is 2.85. The lowest BCUT2D eigenvalue weighted by Gasteiger charge is -1.98. The van der Waals surface area contributed by atoms with E-state index < -0.39 is 9.84 Å². The molecule has 0 amide bonds. The van der Waals surface area contributed by atoms with E-state index in [2.05, 4.69) is 6.26 Å². The highest BCUT2D eigenvalue weighted by molar-refractivity contribution is 7.91. The Labute approximate surface area is 73.2 Å². The van der Waals surface area contributed by atoms with E-state index in [1.807, 2.05) is 19.1 Å². The zero-order valence-electron chi connectivity index (χ0n) is 6.95. The molecule has 0 aliphatic carbocycles. The number of hydrogen-bond donors (Lipinski definition) is 0. The first-order valence-corrected chi connectivity index (χ1v) is 5.41. The van der Waals surface area contributed by atoms with E-state index in [0.717, 1.165) is 11.1 Å². The zero-order valence-corrected chi connectivity index (χ0v) is 7.76. The third-order valence-electron chi connectivity index (χ3n) is 1.51. The molecule has 2 nitrogen and oxygen atoms in total. The van der Waals surface area contributed by atoms with Gasteiger partial charge >= 0.3 is 0 Å². The van der Waals surface area contributed by atoms with Gasteiger partial charge in [0.25, 0.3) is 0 Å². The average Bonchev–Trinajstić information content (AvgIpc) is 1.91. The summed E-state index contributed by atoms with van der Waals surface area (Å²) >= 11 is 0. The summed E-state index contributed by atoms with van der Waals surface area (Å²) in [5.41, 5.74) is 1.91. The highest BCUT2D eigenvalue weighted by Gasteiger charge is 2.03. The second-order valence-corrected chi connectivity index (χ2v) is 4.65. The molecule has 0 spiro atoms. The maximum absolute atomic E-state index is 10.8. The molecule has 1 aromatic carbocycles. The Morgan fingerprint density at radius 3 is 2.17 bits per heavy atom. The normalized spacial score (nSPS) is 11.5. The Hall–Kier alpha value is -0.830. The van der Waals surface area contributed by atoms with Crippen LogP contribution in [0.1, 0.15) is 11.1 Å². The van der Waals surface area contributed by atoms with Gasteiger partial charge < -0.3 is 0 Å². The van der Waals surface area contributed by atoms with Gasteiger partial charge in [-0.3, -0.25) is 0 Å². The molecular weight excluding hydrogens is 172 g/mol. The van der Waals surface area contributed by atoms with Gasteiger partial charge in [-0.2, -0.15) is 0 Å². The topological polar surface area (TPSA) is 34.1 Å². The van der Waals surface area contributed by atoms with Gasteiger partial charge in [-0.05, 0) is 12.5 Å². The number of rotatable bonds is 2. The molecule has 1 rings (SSSR count). The smallest absolute Gasteiger partial charge is 0.155 e. The summed E-state index contributed by atoms with van der Waals surface area (Å²) < 4.78 is 21.5. The van der Waals surface area contributed by atoms with Crippen LogP contribution in [0.4, 0.5) is 0 Å². The number of aryl methyl sites for hydroxylation is 1. The van der Waals surface area contributed by atoms with Gasteiger partial charge in [0.2, 0.25) is 0 Å². The average molecular weight is 183 g/mol. The van der Waals surface area contributed by atoms with Crippen molar-refractivity contribution in [1.82, 2.24) is 0 Å². The minimum atomic E-state index is -3.14. The lowest BCUT2D eigenvalue weighted by atomic mass is 10.2. The minimum absolute atomic E-state index is 0.0211. The highest BCUT2D eigenvalue weighted by atomic mass is 32.2. The second kappa shape index (κ2) is 3.27. The van der Waals surface area contributed by atoms with Gasteiger partial charge in [0.1, 0.15) is 0 Å². The maximum Gasteiger partial charge on any atom is 0.155 e. The predicted molar refractivity (Wildman–Crippen MR) is 49.2 cm³/mol. The Kier molecular flexibility index (Phi) is 2.52. The molecule has 1 radical (unpaired) electrons. The first-order chi connectivity index (χ1) is 5.47. The van der Waals surface area contributed by atoms with E-state index >= 15 is 0 Å². The van der Waals surface area contributed by atoms with Gasteiger partial charge in [-0.25, -0.2) is 8.42 Å². The van der Waals surface area contributed by atoms with Gasteiger partial charge in [0, 0.05) is 0 Å². The fourth-order valence-electron chi connectivity index (χ4n) is 0.938. The van der Waals surface area contributed by atoms with Gasteiger partial charge in [-0.1, -0.05) is 29.8 Å². The van der Waals surface area contributed by atoms with Crippen molar-refractivity contribution in [2.24, 2.45) is 0 Å². The molecule has 65 valence electrons. The quantitative estimate of drug-likeness (QED) is 0.699. The molecule has 0 saturated heterocycles. The van der Waals surface area contributed by atoms with E-state index in [1.54, 1.807) is 12.1 Å². The van der Waals surface area contributed by atoms with Crippen LogP contribution in [0.2, 0.25) is 0 Å². The molecule has 0 fully saturated rings. The standard InChI is InChI=1S/C9H11O2S/c1-8-3-5-9(6-4-8)7-12(2,10)11/h3-6H,2,7H2,1H3. The highest BCUT2D eigenvalue weighted by Crippen LogP contribution is 2.06. The molecule has 0 aliphatic heterocycles. The molecule has 0 saturated carbocycles. The third kappa shape index (κ3) is 3.05. The number of sulfone groups is 1. The summed E-state index contributed by atoms with van der Waals surface area (Å²) in [6, 6.07) is 7.39. The Bertz CT molecular complexity index is 349. The van der Waals surface area contributed by atoms with Crippen LogP contribution >= 0.6 is 0 Å². The van der Waals surface area contributed by atoms with E-state index in [4.69, 9.17) is 0 Å². The van der Waals surface area contributed by atoms with Crippen molar-refractivity contribution in [3.8, 4) is 0 Å². The number of hydrogen-bond acceptors (Lipinski definition) is 2. The summed E-state index contributed by atoms with van der Waals surface area (Å²) in [5, 5.41) is 0. The molecule has 0 atom stereocenters. The molecule has 12 heavy (non-hydrogen) atoms. The van der Waals surface area contributed by atoms with Crippen molar-refractivity contribution in [3.63, 3.8) is 0 Å². The minimum Gasteiger partial charge on any atom is -0.228 e. The van der Waals surface area contributed by atoms with Gasteiger partial charge in [0.05, 0.1) is 12.0 Å². The molecule has 0 heterocycles. The van der Waals surface area contributed by atoms with Crippen LogP contribution < -0.4 is 0 Å². The van der Waals surface area contributed by atoms with Crippen LogP contribution in [0.25, 0.3) is 0 Å². The lowest BCUT2D eigenvalue weighted by Crippen LogP contribution is -1.97.